The van der Waals surface area contributed by atoms with E-state index in [9.17, 15) is 14.0 Å². The number of benzene rings is 1. The largest absolute Gasteiger partial charge is 0.462 e. The lowest BCUT2D eigenvalue weighted by Crippen LogP contribution is -2.29. The molecule has 0 radical (unpaired) electrons. The summed E-state index contributed by atoms with van der Waals surface area (Å²) in [6.07, 6.45) is 2.91. The van der Waals surface area contributed by atoms with Crippen molar-refractivity contribution in [2.24, 2.45) is 11.8 Å². The highest BCUT2D eigenvalue weighted by atomic mass is 19.1. The Hall–Kier alpha value is -1.91. The number of carbonyl (C=O) groups excluding carboxylic acids is 2. The van der Waals surface area contributed by atoms with Crippen molar-refractivity contribution in [2.45, 2.75) is 52.1 Å². The topological polar surface area (TPSA) is 55.4 Å². The van der Waals surface area contributed by atoms with Gasteiger partial charge in [-0.25, -0.2) is 4.39 Å². The summed E-state index contributed by atoms with van der Waals surface area (Å²) in [7, 11) is 0. The van der Waals surface area contributed by atoms with Crippen LogP contribution in [0.2, 0.25) is 0 Å². The summed E-state index contributed by atoms with van der Waals surface area (Å²) >= 11 is 0. The van der Waals surface area contributed by atoms with Gasteiger partial charge in [-0.15, -0.1) is 0 Å². The number of carbonyl (C=O) groups is 2. The van der Waals surface area contributed by atoms with Crippen molar-refractivity contribution in [1.29, 1.82) is 0 Å². The molecule has 0 bridgehead atoms. The molecule has 1 fully saturated rings. The van der Waals surface area contributed by atoms with Crippen LogP contribution in [-0.2, 0) is 14.3 Å². The monoisotopic (exact) mass is 321 g/mol. The standard InChI is InChI=1S/C18H24FNO3/c1-12-6-7-16(10-13(12)2)23-18(22)9-8-17(21)20-15-5-3-4-14(19)11-15/h3-5,11-13,16H,6-10H2,1-2H3,(H,20,21). The van der Waals surface area contributed by atoms with E-state index >= 15 is 0 Å². The minimum Gasteiger partial charge on any atom is -0.462 e. The predicted octanol–water partition coefficient (Wildman–Crippen LogP) is 3.91. The van der Waals surface area contributed by atoms with Gasteiger partial charge in [-0.05, 0) is 49.3 Å². The Kier molecular flexibility index (Phi) is 6.13. The normalized spacial score (nSPS) is 24.0. The Morgan fingerprint density at radius 2 is 2.00 bits per heavy atom. The third-order valence-electron chi connectivity index (χ3n) is 4.51. The first-order valence-electron chi connectivity index (χ1n) is 8.19. The number of nitrogens with one attached hydrogen (secondary N) is 1. The second kappa shape index (κ2) is 8.09. The van der Waals surface area contributed by atoms with Crippen molar-refractivity contribution >= 4 is 17.6 Å². The molecule has 0 saturated heterocycles. The molecule has 0 spiro atoms. The van der Waals surface area contributed by atoms with E-state index in [1.54, 1.807) is 6.07 Å². The maximum atomic E-state index is 13.0. The van der Waals surface area contributed by atoms with Crippen molar-refractivity contribution in [2.75, 3.05) is 5.32 Å². The third-order valence-corrected chi connectivity index (χ3v) is 4.51. The first-order valence-corrected chi connectivity index (χ1v) is 8.19. The van der Waals surface area contributed by atoms with E-state index < -0.39 is 5.82 Å². The Bertz CT molecular complexity index is 561. The maximum Gasteiger partial charge on any atom is 0.306 e. The highest BCUT2D eigenvalue weighted by molar-refractivity contribution is 5.92. The van der Waals surface area contributed by atoms with E-state index in [-0.39, 0.29) is 30.8 Å². The van der Waals surface area contributed by atoms with Crippen molar-refractivity contribution in [3.8, 4) is 0 Å². The fourth-order valence-corrected chi connectivity index (χ4v) is 2.86. The molecule has 1 N–H and O–H groups in total. The lowest BCUT2D eigenvalue weighted by atomic mass is 9.80. The number of hydrogen-bond acceptors (Lipinski definition) is 3. The summed E-state index contributed by atoms with van der Waals surface area (Å²) in [4.78, 5) is 23.6. The highest BCUT2D eigenvalue weighted by Crippen LogP contribution is 2.31. The van der Waals surface area contributed by atoms with Crippen molar-refractivity contribution in [1.82, 2.24) is 0 Å². The van der Waals surface area contributed by atoms with E-state index in [1.165, 1.54) is 18.2 Å². The molecule has 1 aliphatic carbocycles. The summed E-state index contributed by atoms with van der Waals surface area (Å²) in [6, 6.07) is 5.66. The van der Waals surface area contributed by atoms with Crippen LogP contribution in [0.5, 0.6) is 0 Å². The van der Waals surface area contributed by atoms with Crippen LogP contribution >= 0.6 is 0 Å². The summed E-state index contributed by atoms with van der Waals surface area (Å²) in [5, 5.41) is 2.57. The van der Waals surface area contributed by atoms with Crippen LogP contribution in [0.4, 0.5) is 10.1 Å². The van der Waals surface area contributed by atoms with Crippen LogP contribution in [0.1, 0.15) is 46.0 Å². The zero-order chi connectivity index (χ0) is 16.8. The summed E-state index contributed by atoms with van der Waals surface area (Å²) in [5.41, 5.74) is 0.387. The van der Waals surface area contributed by atoms with Gasteiger partial charge in [0.15, 0.2) is 0 Å². The van der Waals surface area contributed by atoms with Crippen molar-refractivity contribution in [3.05, 3.63) is 30.1 Å². The van der Waals surface area contributed by atoms with E-state index in [2.05, 4.69) is 19.2 Å². The quantitative estimate of drug-likeness (QED) is 0.837. The molecule has 0 aliphatic heterocycles. The van der Waals surface area contributed by atoms with Gasteiger partial charge in [0.05, 0.1) is 6.42 Å². The van der Waals surface area contributed by atoms with E-state index in [0.717, 1.165) is 19.3 Å². The summed E-state index contributed by atoms with van der Waals surface area (Å²) in [6.45, 7) is 4.40. The van der Waals surface area contributed by atoms with Gasteiger partial charge >= 0.3 is 5.97 Å². The number of rotatable bonds is 5. The molecule has 1 amide bonds. The van der Waals surface area contributed by atoms with E-state index in [4.69, 9.17) is 4.74 Å². The molecule has 1 aromatic rings. The second-order valence-electron chi connectivity index (χ2n) is 6.44. The Labute approximate surface area is 136 Å². The molecular weight excluding hydrogens is 297 g/mol. The minimum atomic E-state index is -0.414. The Morgan fingerprint density at radius 3 is 2.70 bits per heavy atom. The van der Waals surface area contributed by atoms with Gasteiger partial charge in [-0.1, -0.05) is 19.9 Å². The van der Waals surface area contributed by atoms with Crippen LogP contribution in [-0.4, -0.2) is 18.0 Å². The molecule has 0 heterocycles. The number of ether oxygens (including phenoxy) is 1. The van der Waals surface area contributed by atoms with Crippen LogP contribution < -0.4 is 5.32 Å². The number of esters is 1. The number of hydrogen-bond donors (Lipinski definition) is 1. The van der Waals surface area contributed by atoms with E-state index in [0.29, 0.717) is 17.5 Å². The Morgan fingerprint density at radius 1 is 1.22 bits per heavy atom. The first-order chi connectivity index (χ1) is 10.9. The zero-order valence-electron chi connectivity index (χ0n) is 13.7. The van der Waals surface area contributed by atoms with Gasteiger partial charge in [0, 0.05) is 12.1 Å². The molecule has 2 rings (SSSR count). The van der Waals surface area contributed by atoms with Gasteiger partial charge < -0.3 is 10.1 Å². The van der Waals surface area contributed by atoms with E-state index in [1.807, 2.05) is 0 Å². The smallest absolute Gasteiger partial charge is 0.306 e. The highest BCUT2D eigenvalue weighted by Gasteiger charge is 2.27. The van der Waals surface area contributed by atoms with Crippen molar-refractivity contribution in [3.63, 3.8) is 0 Å². The molecular formula is C18H24FNO3. The van der Waals surface area contributed by atoms with Gasteiger partial charge in [-0.3, -0.25) is 9.59 Å². The molecule has 3 unspecified atom stereocenters. The molecule has 1 aromatic carbocycles. The van der Waals surface area contributed by atoms with Crippen LogP contribution in [0, 0.1) is 17.7 Å². The average Bonchev–Trinajstić information content (AvgIpc) is 2.49. The third kappa shape index (κ3) is 5.66. The molecule has 3 atom stereocenters. The molecule has 4 nitrogen and oxygen atoms in total. The van der Waals surface area contributed by atoms with Crippen LogP contribution in [0.3, 0.4) is 0 Å². The number of anilines is 1. The van der Waals surface area contributed by atoms with Gasteiger partial charge in [-0.2, -0.15) is 0 Å². The SMILES string of the molecule is CC1CCC(OC(=O)CCC(=O)Nc2cccc(F)c2)CC1C. The lowest BCUT2D eigenvalue weighted by Gasteiger charge is -2.31. The van der Waals surface area contributed by atoms with Gasteiger partial charge in [0.2, 0.25) is 5.91 Å². The van der Waals surface area contributed by atoms with Crippen LogP contribution in [0.15, 0.2) is 24.3 Å². The fourth-order valence-electron chi connectivity index (χ4n) is 2.86. The fraction of sp³-hybridized carbons (Fsp3) is 0.556. The average molecular weight is 321 g/mol. The Balaban J connectivity index is 1.70. The molecule has 1 saturated carbocycles. The van der Waals surface area contributed by atoms with Gasteiger partial charge in [0.1, 0.15) is 11.9 Å². The van der Waals surface area contributed by atoms with Crippen LogP contribution in [0.25, 0.3) is 0 Å². The predicted molar refractivity (Wildman–Crippen MR) is 86.3 cm³/mol. The van der Waals surface area contributed by atoms with Crippen molar-refractivity contribution < 1.29 is 18.7 Å². The lowest BCUT2D eigenvalue weighted by molar-refractivity contribution is -0.152. The summed E-state index contributed by atoms with van der Waals surface area (Å²) in [5.74, 6) is 0.145. The molecule has 1 aliphatic rings. The number of amides is 1. The molecule has 0 aromatic heterocycles. The maximum absolute atomic E-state index is 13.0. The first kappa shape index (κ1) is 17.4. The minimum absolute atomic E-state index is 0.0278. The summed E-state index contributed by atoms with van der Waals surface area (Å²) < 4.78 is 18.5. The van der Waals surface area contributed by atoms with Gasteiger partial charge in [0.25, 0.3) is 0 Å². The molecule has 126 valence electrons. The second-order valence-corrected chi connectivity index (χ2v) is 6.44. The molecule has 23 heavy (non-hydrogen) atoms. The number of halogens is 1. The molecule has 5 heteroatoms. The zero-order valence-corrected chi connectivity index (χ0v) is 13.7.